The van der Waals surface area contributed by atoms with Crippen molar-refractivity contribution in [3.05, 3.63) is 23.6 Å². The second kappa shape index (κ2) is 8.14. The van der Waals surface area contributed by atoms with Crippen molar-refractivity contribution < 1.29 is 9.32 Å². The summed E-state index contributed by atoms with van der Waals surface area (Å²) >= 11 is 5.90. The Balaban J connectivity index is 1.31. The fourth-order valence-corrected chi connectivity index (χ4v) is 5.45. The van der Waals surface area contributed by atoms with E-state index in [2.05, 4.69) is 30.1 Å². The molecule has 1 aliphatic carbocycles. The van der Waals surface area contributed by atoms with Crippen molar-refractivity contribution in [1.82, 2.24) is 19.9 Å². The zero-order valence-electron chi connectivity index (χ0n) is 17.4. The average molecular weight is 464 g/mol. The lowest BCUT2D eigenvalue weighted by molar-refractivity contribution is 0.143. The van der Waals surface area contributed by atoms with Gasteiger partial charge in [-0.2, -0.15) is 4.98 Å². The zero-order valence-corrected chi connectivity index (χ0v) is 18.9. The van der Waals surface area contributed by atoms with Crippen LogP contribution in [-0.2, 0) is 10.8 Å². The molecule has 5 rings (SSSR count). The van der Waals surface area contributed by atoms with E-state index in [1.165, 1.54) is 0 Å². The Hall–Kier alpha value is -2.04. The first-order valence-corrected chi connectivity index (χ1v) is 12.5. The number of aliphatic hydroxyl groups is 1. The molecule has 2 aromatic heterocycles. The molecule has 166 valence electrons. The Morgan fingerprint density at radius 1 is 1.10 bits per heavy atom. The Morgan fingerprint density at radius 3 is 2.19 bits per heavy atom. The minimum atomic E-state index is -1.21. The number of aromatic nitrogens is 4. The molecule has 2 aromatic rings. The van der Waals surface area contributed by atoms with Gasteiger partial charge in [0, 0.05) is 44.3 Å². The lowest BCUT2D eigenvalue weighted by Gasteiger charge is -2.41. The van der Waals surface area contributed by atoms with Crippen LogP contribution >= 0.6 is 11.6 Å². The second-order valence-corrected chi connectivity index (χ2v) is 10.6. The van der Waals surface area contributed by atoms with Gasteiger partial charge in [-0.05, 0) is 19.3 Å². The predicted molar refractivity (Wildman–Crippen MR) is 120 cm³/mol. The minimum absolute atomic E-state index is 0.0403. The molecular weight excluding hydrogens is 438 g/mol. The summed E-state index contributed by atoms with van der Waals surface area (Å²) in [5.74, 6) is 2.91. The number of anilines is 3. The van der Waals surface area contributed by atoms with E-state index in [4.69, 9.17) is 16.6 Å². The molecule has 2 aliphatic heterocycles. The Bertz CT molecular complexity index is 968. The van der Waals surface area contributed by atoms with Gasteiger partial charge in [-0.15, -0.1) is 0 Å². The Morgan fingerprint density at radius 2 is 1.68 bits per heavy atom. The quantitative estimate of drug-likeness (QED) is 0.659. The summed E-state index contributed by atoms with van der Waals surface area (Å²) in [4.78, 5) is 23.0. The smallest absolute Gasteiger partial charge is 0.227 e. The Kier molecular flexibility index (Phi) is 5.47. The highest BCUT2D eigenvalue weighted by Crippen LogP contribution is 2.37. The van der Waals surface area contributed by atoms with Crippen LogP contribution < -0.4 is 15.1 Å². The maximum Gasteiger partial charge on any atom is 0.227 e. The molecule has 0 aromatic carbocycles. The van der Waals surface area contributed by atoms with Crippen molar-refractivity contribution in [2.75, 3.05) is 54.2 Å². The van der Waals surface area contributed by atoms with Crippen molar-refractivity contribution in [2.24, 2.45) is 11.8 Å². The van der Waals surface area contributed by atoms with Crippen molar-refractivity contribution in [2.45, 2.75) is 29.7 Å². The third-order valence-electron chi connectivity index (χ3n) is 6.71. The second-order valence-electron chi connectivity index (χ2n) is 8.79. The number of hydrogen-bond donors (Lipinski definition) is 2. The van der Waals surface area contributed by atoms with E-state index < -0.39 is 10.8 Å². The monoisotopic (exact) mass is 463 g/mol. The lowest BCUT2D eigenvalue weighted by atomic mass is 9.77. The van der Waals surface area contributed by atoms with Crippen molar-refractivity contribution in [1.29, 1.82) is 0 Å². The molecule has 11 heteroatoms. The molecule has 3 fully saturated rings. The van der Waals surface area contributed by atoms with Crippen LogP contribution in [-0.4, -0.2) is 73.8 Å². The zero-order chi connectivity index (χ0) is 21.6. The van der Waals surface area contributed by atoms with Gasteiger partial charge in [0.25, 0.3) is 0 Å². The largest absolute Gasteiger partial charge is 0.394 e. The van der Waals surface area contributed by atoms with Crippen molar-refractivity contribution in [3.63, 3.8) is 0 Å². The average Bonchev–Trinajstić information content (AvgIpc) is 3.30. The number of nitrogens with one attached hydrogen (secondary N) is 1. The first kappa shape index (κ1) is 20.8. The third kappa shape index (κ3) is 3.96. The van der Waals surface area contributed by atoms with E-state index >= 15 is 0 Å². The molecule has 3 unspecified atom stereocenters. The maximum atomic E-state index is 12.2. The first-order valence-electron chi connectivity index (χ1n) is 10.5. The molecule has 31 heavy (non-hydrogen) atoms. The fraction of sp³-hybridized carbons (Fsp3) is 0.600. The van der Waals surface area contributed by atoms with Gasteiger partial charge in [-0.3, -0.25) is 4.21 Å². The fourth-order valence-electron chi connectivity index (χ4n) is 4.78. The molecule has 2 saturated heterocycles. The normalized spacial score (nSPS) is 25.3. The van der Waals surface area contributed by atoms with E-state index in [0.29, 0.717) is 33.5 Å². The topological polar surface area (TPSA) is 107 Å². The highest BCUT2D eigenvalue weighted by Gasteiger charge is 2.42. The lowest BCUT2D eigenvalue weighted by Crippen LogP contribution is -2.48. The number of hydrogen-bond acceptors (Lipinski definition) is 9. The van der Waals surface area contributed by atoms with E-state index in [9.17, 15) is 9.32 Å². The summed E-state index contributed by atoms with van der Waals surface area (Å²) in [6.07, 6.45) is 9.39. The number of halogens is 1. The number of aliphatic hydroxyl groups excluding tert-OH is 1. The number of rotatable bonds is 6. The molecule has 1 saturated carbocycles. The molecule has 0 spiro atoms. The standard InChI is InChI=1S/C20H26ClN7O2S/c1-31(30)16-7-24-19(25-17(16)26-20(12-29)3-2-4-20)28-10-13-8-27(9-14(13)11-28)18-22-5-15(21)6-23-18/h5-7,13-14,29H,2-4,8-12H2,1H3,(H,24,25,26). The van der Waals surface area contributed by atoms with Crippen LogP contribution in [0.5, 0.6) is 0 Å². The van der Waals surface area contributed by atoms with Crippen LogP contribution in [0.1, 0.15) is 19.3 Å². The van der Waals surface area contributed by atoms with Crippen molar-refractivity contribution in [3.8, 4) is 0 Å². The number of nitrogens with zero attached hydrogens (tertiary/aromatic N) is 6. The van der Waals surface area contributed by atoms with Gasteiger partial charge >= 0.3 is 0 Å². The van der Waals surface area contributed by atoms with Gasteiger partial charge < -0.3 is 20.2 Å². The maximum absolute atomic E-state index is 12.2. The highest BCUT2D eigenvalue weighted by atomic mass is 35.5. The van der Waals surface area contributed by atoms with Crippen molar-refractivity contribution >= 4 is 40.1 Å². The van der Waals surface area contributed by atoms with E-state index in [1.807, 2.05) is 0 Å². The summed E-state index contributed by atoms with van der Waals surface area (Å²) < 4.78 is 12.2. The molecule has 0 radical (unpaired) electrons. The van der Waals surface area contributed by atoms with Crippen LogP contribution in [0.2, 0.25) is 5.02 Å². The van der Waals surface area contributed by atoms with Crippen LogP contribution in [0.15, 0.2) is 23.5 Å². The third-order valence-corrected chi connectivity index (χ3v) is 7.82. The summed E-state index contributed by atoms with van der Waals surface area (Å²) in [5, 5.41) is 13.8. The molecule has 3 atom stereocenters. The van der Waals surface area contributed by atoms with E-state index in [-0.39, 0.29) is 12.1 Å². The number of fused-ring (bicyclic) bond motifs is 1. The van der Waals surface area contributed by atoms with Gasteiger partial charge in [-0.1, -0.05) is 11.6 Å². The summed E-state index contributed by atoms with van der Waals surface area (Å²) in [6.45, 7) is 3.53. The van der Waals surface area contributed by atoms with Gasteiger partial charge in [0.05, 0.1) is 51.5 Å². The molecule has 3 aliphatic rings. The SMILES string of the molecule is CS(=O)c1cnc(N2CC3CN(c4ncc(Cl)cn4)CC3C2)nc1NC1(CO)CCC1. The van der Waals surface area contributed by atoms with Crippen LogP contribution in [0, 0.1) is 11.8 Å². The molecule has 0 bridgehead atoms. The molecular formula is C20H26ClN7O2S. The summed E-state index contributed by atoms with van der Waals surface area (Å²) in [6, 6.07) is 0. The van der Waals surface area contributed by atoms with E-state index in [1.54, 1.807) is 24.8 Å². The predicted octanol–water partition coefficient (Wildman–Crippen LogP) is 1.56. The molecule has 9 nitrogen and oxygen atoms in total. The molecule has 2 N–H and O–H groups in total. The highest BCUT2D eigenvalue weighted by molar-refractivity contribution is 7.84. The Labute approximate surface area is 188 Å². The molecule has 4 heterocycles. The van der Waals surface area contributed by atoms with Gasteiger partial charge in [0.2, 0.25) is 11.9 Å². The minimum Gasteiger partial charge on any atom is -0.394 e. The first-order chi connectivity index (χ1) is 15.0. The van der Waals surface area contributed by atoms with Gasteiger partial charge in [0.1, 0.15) is 5.82 Å². The summed E-state index contributed by atoms with van der Waals surface area (Å²) in [5.41, 5.74) is -0.361. The van der Waals surface area contributed by atoms with Gasteiger partial charge in [-0.25, -0.2) is 15.0 Å². The van der Waals surface area contributed by atoms with Crippen LogP contribution in [0.25, 0.3) is 0 Å². The summed E-state index contributed by atoms with van der Waals surface area (Å²) in [7, 11) is -1.21. The van der Waals surface area contributed by atoms with Crippen LogP contribution in [0.4, 0.5) is 17.7 Å². The van der Waals surface area contributed by atoms with Gasteiger partial charge in [0.15, 0.2) is 0 Å². The van der Waals surface area contributed by atoms with E-state index in [0.717, 1.165) is 51.4 Å². The van der Waals surface area contributed by atoms with Crippen LogP contribution in [0.3, 0.4) is 0 Å². The molecule has 0 amide bonds.